The van der Waals surface area contributed by atoms with E-state index < -0.39 is 58.0 Å². The van der Waals surface area contributed by atoms with Gasteiger partial charge in [0.05, 0.1) is 0 Å². The molecule has 0 aromatic rings. The molecule has 0 spiro atoms. The van der Waals surface area contributed by atoms with Gasteiger partial charge in [0.2, 0.25) is 0 Å². The Morgan fingerprint density at radius 3 is 1.36 bits per heavy atom. The second-order valence-electron chi connectivity index (χ2n) is 4.52. The number of carboxylic acid groups (broad SMARTS) is 4. The van der Waals surface area contributed by atoms with E-state index in [9.17, 15) is 24.0 Å². The number of carbonyl (C=O) groups is 5. The van der Waals surface area contributed by atoms with Gasteiger partial charge in [-0.25, -0.2) is 0 Å². The number of hydrogen-bond acceptors (Lipinski definition) is 8. The number of nitrogens with one attached hydrogen (secondary N) is 1. The summed E-state index contributed by atoms with van der Waals surface area (Å²) in [4.78, 5) is 56.8. The number of aliphatic carboxylic acids is 4. The van der Waals surface area contributed by atoms with Crippen LogP contribution in [-0.2, 0) is 41.7 Å². The molecule has 0 aromatic carbocycles. The number of rotatable bonds is 11. The average molecular weight is 409 g/mol. The Kier molecular flexibility index (Phi) is 13.1. The molecule has 0 saturated carbocycles. The van der Waals surface area contributed by atoms with Crippen LogP contribution in [0.3, 0.4) is 0 Å². The predicted octanol–water partition coefficient (Wildman–Crippen LogP) is -0.835. The van der Waals surface area contributed by atoms with Crippen molar-refractivity contribution < 1.29 is 62.1 Å². The van der Waals surface area contributed by atoms with E-state index in [-0.39, 0.29) is 5.97 Å². The first-order valence-electron chi connectivity index (χ1n) is 6.57. The Balaban J connectivity index is 0. The van der Waals surface area contributed by atoms with E-state index in [2.05, 4.69) is 10.3 Å². The second kappa shape index (κ2) is 13.1. The monoisotopic (exact) mass is 409 g/mol. The molecule has 0 aliphatic heterocycles. The van der Waals surface area contributed by atoms with Crippen LogP contribution in [0.15, 0.2) is 0 Å². The molecular weight excluding hydrogens is 387 g/mol. The molecule has 12 nitrogen and oxygen atoms in total. The van der Waals surface area contributed by atoms with Crippen molar-refractivity contribution in [3.05, 3.63) is 0 Å². The van der Waals surface area contributed by atoms with Gasteiger partial charge < -0.3 is 10.6 Å². The van der Waals surface area contributed by atoms with Gasteiger partial charge >= 0.3 is 104 Å². The van der Waals surface area contributed by atoms with E-state index in [1.165, 1.54) is 6.92 Å². The van der Waals surface area contributed by atoms with Crippen molar-refractivity contribution in [1.29, 1.82) is 0 Å². The summed E-state index contributed by atoms with van der Waals surface area (Å²) in [7, 11) is 0. The third-order valence-electron chi connectivity index (χ3n) is 2.05. The molecule has 0 heterocycles. The molecule has 0 radical (unpaired) electrons. The Morgan fingerprint density at radius 1 is 0.840 bits per heavy atom. The van der Waals surface area contributed by atoms with Gasteiger partial charge in [-0.2, -0.15) is 5.48 Å². The summed E-state index contributed by atoms with van der Waals surface area (Å²) >= 11 is -3.47. The topological polar surface area (TPSA) is 214 Å². The normalized spacial score (nSPS) is 10.8. The van der Waals surface area contributed by atoms with Crippen LogP contribution in [0.4, 0.5) is 0 Å². The van der Waals surface area contributed by atoms with Gasteiger partial charge in [-0.1, -0.05) is 0 Å². The zero-order chi connectivity index (χ0) is 20.0. The summed E-state index contributed by atoms with van der Waals surface area (Å²) in [6, 6.07) is 0. The summed E-state index contributed by atoms with van der Waals surface area (Å²) < 4.78 is 0. The second-order valence-corrected chi connectivity index (χ2v) is 9.73. The van der Waals surface area contributed by atoms with Gasteiger partial charge in [-0.15, -0.1) is 0 Å². The molecule has 0 aliphatic carbocycles. The average Bonchev–Trinajstić information content (AvgIpc) is 2.34. The van der Waals surface area contributed by atoms with E-state index in [1.807, 2.05) is 0 Å². The third kappa shape index (κ3) is 16.4. The maximum absolute atomic E-state index is 10.6. The predicted molar refractivity (Wildman–Crippen MR) is 78.6 cm³/mol. The number of nitrogens with two attached hydrogens (primary N) is 1. The third-order valence-corrected chi connectivity index (χ3v) is 7.02. The van der Waals surface area contributed by atoms with Crippen LogP contribution in [0.5, 0.6) is 0 Å². The van der Waals surface area contributed by atoms with Crippen LogP contribution in [-0.4, -0.2) is 63.4 Å². The van der Waals surface area contributed by atoms with Crippen LogP contribution in [0, 0.1) is 0 Å². The fourth-order valence-corrected chi connectivity index (χ4v) is 5.38. The minimum absolute atomic E-state index is 0.349. The van der Waals surface area contributed by atoms with Gasteiger partial charge in [-0.05, 0) is 0 Å². The number of hydrogen-bond donors (Lipinski definition) is 6. The zero-order valence-corrected chi connectivity index (χ0v) is 14.6. The molecule has 0 bridgehead atoms. The van der Waals surface area contributed by atoms with Gasteiger partial charge in [0.1, 0.15) is 0 Å². The van der Waals surface area contributed by atoms with Gasteiger partial charge in [0, 0.05) is 20.0 Å². The Morgan fingerprint density at radius 2 is 1.16 bits per heavy atom. The van der Waals surface area contributed by atoms with Crippen molar-refractivity contribution in [2.45, 2.75) is 28.2 Å². The van der Waals surface area contributed by atoms with Crippen LogP contribution in [0.2, 0.25) is 21.3 Å². The van der Waals surface area contributed by atoms with E-state index in [0.29, 0.717) is 13.1 Å². The number of carbonyl (C=O) groups excluding carboxylic acids is 1. The maximum atomic E-state index is 10.6. The Labute approximate surface area is 145 Å². The van der Waals surface area contributed by atoms with E-state index >= 15 is 0 Å². The van der Waals surface area contributed by atoms with Crippen LogP contribution < -0.4 is 11.2 Å². The van der Waals surface area contributed by atoms with Gasteiger partial charge in [-0.3, -0.25) is 4.79 Å². The first-order valence-corrected chi connectivity index (χ1v) is 9.91. The Bertz CT molecular complexity index is 427. The molecule has 0 aromatic heterocycles. The zero-order valence-electron chi connectivity index (χ0n) is 13.4. The Hall–Kier alpha value is -2.21. The van der Waals surface area contributed by atoms with Crippen molar-refractivity contribution in [1.82, 2.24) is 5.48 Å². The molecule has 0 rings (SSSR count). The van der Waals surface area contributed by atoms with Crippen molar-refractivity contribution in [3.63, 3.8) is 0 Å². The molecule has 147 valence electrons. The van der Waals surface area contributed by atoms with Crippen molar-refractivity contribution in [2.24, 2.45) is 5.73 Å². The molecule has 0 saturated heterocycles. The van der Waals surface area contributed by atoms with Crippen molar-refractivity contribution >= 4 is 29.8 Å². The van der Waals surface area contributed by atoms with Crippen LogP contribution >= 0.6 is 0 Å². The standard InChI is InChI=1S/C4H10N2O2.4C2H3O2.Mn/c1-4(7)8-6-3-2-5;4*1-2(3)4;/h6H,2-3,5H2,1H3;4*1H2,(H,3,4);. The molecule has 13 heteroatoms. The molecule has 25 heavy (non-hydrogen) atoms. The summed E-state index contributed by atoms with van der Waals surface area (Å²) in [5.74, 6) is -5.84. The molecule has 0 aliphatic rings. The van der Waals surface area contributed by atoms with Crippen molar-refractivity contribution in [2.75, 3.05) is 13.1 Å². The minimum atomic E-state index is -3.47. The quantitative estimate of drug-likeness (QED) is 0.140. The summed E-state index contributed by atoms with van der Waals surface area (Å²) in [5, 5.41) is 31.9. The van der Waals surface area contributed by atoms with E-state index in [4.69, 9.17) is 26.2 Å². The van der Waals surface area contributed by atoms with Crippen molar-refractivity contribution in [3.8, 4) is 0 Å². The number of hydroxylamine groups is 1. The molecule has 0 fully saturated rings. The fraction of sp³-hybridized carbons (Fsp3) is 0.583. The first-order chi connectivity index (χ1) is 11.4. The first kappa shape index (κ1) is 25.0. The summed E-state index contributed by atoms with van der Waals surface area (Å²) in [6.07, 6.45) is 0. The van der Waals surface area contributed by atoms with Gasteiger partial charge in [0.25, 0.3) is 0 Å². The van der Waals surface area contributed by atoms with Crippen LogP contribution in [0.1, 0.15) is 6.92 Å². The molecular formula is C12H22MnN2O10. The SMILES string of the molecule is CC(=O)ONCCN.O=C(O)[CH2][Mn]([CH2]C(=O)O)([CH2]C(=O)O)[CH2]C(=O)O. The summed E-state index contributed by atoms with van der Waals surface area (Å²) in [5.41, 5.74) is 7.42. The summed E-state index contributed by atoms with van der Waals surface area (Å²) in [6.45, 7) is 2.29. The molecule has 7 N–H and O–H groups in total. The fourth-order valence-electron chi connectivity index (χ4n) is 1.47. The van der Waals surface area contributed by atoms with E-state index in [1.54, 1.807) is 0 Å². The molecule has 0 amide bonds. The number of carboxylic acids is 4. The molecule has 0 atom stereocenters. The van der Waals surface area contributed by atoms with Crippen LogP contribution in [0.25, 0.3) is 0 Å². The van der Waals surface area contributed by atoms with E-state index in [0.717, 1.165) is 0 Å². The van der Waals surface area contributed by atoms with Gasteiger partial charge in [0.15, 0.2) is 0 Å². The molecule has 0 unspecified atom stereocenters.